The van der Waals surface area contributed by atoms with Crippen molar-refractivity contribution in [1.29, 1.82) is 0 Å². The van der Waals surface area contributed by atoms with Crippen LogP contribution >= 0.6 is 11.3 Å². The van der Waals surface area contributed by atoms with Crippen LogP contribution in [0.4, 0.5) is 4.39 Å². The lowest BCUT2D eigenvalue weighted by Gasteiger charge is -2.17. The van der Waals surface area contributed by atoms with E-state index in [0.717, 1.165) is 16.3 Å². The van der Waals surface area contributed by atoms with Gasteiger partial charge in [0.2, 0.25) is 0 Å². The van der Waals surface area contributed by atoms with Crippen LogP contribution < -0.4 is 0 Å². The van der Waals surface area contributed by atoms with Gasteiger partial charge in [-0.1, -0.05) is 0 Å². The summed E-state index contributed by atoms with van der Waals surface area (Å²) in [6.45, 7) is 0.744. The number of benzene rings is 1. The van der Waals surface area contributed by atoms with Crippen LogP contribution in [0.1, 0.15) is 5.01 Å². The lowest BCUT2D eigenvalue weighted by atomic mass is 10.2. The van der Waals surface area contributed by atoms with Gasteiger partial charge < -0.3 is 10.2 Å². The van der Waals surface area contributed by atoms with Gasteiger partial charge in [0.05, 0.1) is 24.9 Å². The number of aromatic nitrogens is 1. The van der Waals surface area contributed by atoms with E-state index in [2.05, 4.69) is 4.98 Å². The van der Waals surface area contributed by atoms with E-state index in [4.69, 9.17) is 5.11 Å². The molecular weight excluding hydrogens is 279 g/mol. The zero-order valence-corrected chi connectivity index (χ0v) is 12.0. The van der Waals surface area contributed by atoms with Crippen LogP contribution in [0.15, 0.2) is 29.6 Å². The third kappa shape index (κ3) is 4.08. The number of aliphatic hydroxyl groups is 2. The summed E-state index contributed by atoms with van der Waals surface area (Å²) in [5, 5.41) is 21.0. The molecule has 0 amide bonds. The molecule has 108 valence electrons. The fourth-order valence-corrected chi connectivity index (χ4v) is 2.73. The van der Waals surface area contributed by atoms with Crippen molar-refractivity contribution in [3.8, 4) is 11.3 Å². The summed E-state index contributed by atoms with van der Waals surface area (Å²) < 4.78 is 12.9. The molecule has 2 rings (SSSR count). The monoisotopic (exact) mass is 296 g/mol. The fraction of sp³-hybridized carbons (Fsp3) is 0.357. The highest BCUT2D eigenvalue weighted by molar-refractivity contribution is 7.09. The molecule has 0 saturated carbocycles. The Kier molecular flexibility index (Phi) is 5.19. The fourth-order valence-electron chi connectivity index (χ4n) is 1.85. The Balaban J connectivity index is 2.00. The predicted molar refractivity (Wildman–Crippen MR) is 76.9 cm³/mol. The smallest absolute Gasteiger partial charge is 0.123 e. The van der Waals surface area contributed by atoms with Crippen molar-refractivity contribution in [1.82, 2.24) is 9.88 Å². The number of hydrogen-bond donors (Lipinski definition) is 2. The molecule has 2 aromatic rings. The summed E-state index contributed by atoms with van der Waals surface area (Å²) in [5.74, 6) is -0.262. The topological polar surface area (TPSA) is 56.6 Å². The standard InChI is InChI=1S/C14H17FN2O2S/c1-17(6-12(19)8-18)7-14-16-13(9-20-14)10-2-4-11(15)5-3-10/h2-5,9,12,18-19H,6-8H2,1H3/t12-/m1/s1. The van der Waals surface area contributed by atoms with Gasteiger partial charge in [-0.2, -0.15) is 0 Å². The van der Waals surface area contributed by atoms with Crippen molar-refractivity contribution < 1.29 is 14.6 Å². The van der Waals surface area contributed by atoms with Gasteiger partial charge in [0.1, 0.15) is 10.8 Å². The molecule has 1 aromatic heterocycles. The Morgan fingerprint density at radius 3 is 2.70 bits per heavy atom. The largest absolute Gasteiger partial charge is 0.394 e. The maximum absolute atomic E-state index is 12.9. The van der Waals surface area contributed by atoms with Gasteiger partial charge in [0.15, 0.2) is 0 Å². The van der Waals surface area contributed by atoms with Crippen LogP contribution in [0.3, 0.4) is 0 Å². The minimum absolute atomic E-state index is 0.247. The van der Waals surface area contributed by atoms with Crippen molar-refractivity contribution in [2.45, 2.75) is 12.6 Å². The second kappa shape index (κ2) is 6.90. The molecule has 0 fully saturated rings. The number of hydrogen-bond acceptors (Lipinski definition) is 5. The molecule has 0 unspecified atom stereocenters. The van der Waals surface area contributed by atoms with Gasteiger partial charge >= 0.3 is 0 Å². The van der Waals surface area contributed by atoms with Crippen LogP contribution in [0.5, 0.6) is 0 Å². The second-order valence-corrected chi connectivity index (χ2v) is 5.61. The first-order chi connectivity index (χ1) is 9.58. The first-order valence-corrected chi connectivity index (χ1v) is 7.14. The van der Waals surface area contributed by atoms with Gasteiger partial charge in [-0.05, 0) is 31.3 Å². The van der Waals surface area contributed by atoms with E-state index < -0.39 is 6.10 Å². The molecule has 0 spiro atoms. The Bertz CT molecular complexity index is 544. The zero-order chi connectivity index (χ0) is 14.5. The van der Waals surface area contributed by atoms with E-state index >= 15 is 0 Å². The molecule has 0 aliphatic rings. The van der Waals surface area contributed by atoms with Crippen molar-refractivity contribution in [3.63, 3.8) is 0 Å². The highest BCUT2D eigenvalue weighted by Gasteiger charge is 2.10. The van der Waals surface area contributed by atoms with Crippen LogP contribution in [-0.2, 0) is 6.54 Å². The molecule has 0 radical (unpaired) electrons. The predicted octanol–water partition coefficient (Wildman–Crippen LogP) is 1.73. The van der Waals surface area contributed by atoms with Crippen molar-refractivity contribution in [2.24, 2.45) is 0 Å². The highest BCUT2D eigenvalue weighted by atomic mass is 32.1. The molecule has 4 nitrogen and oxygen atoms in total. The first kappa shape index (κ1) is 15.1. The number of rotatable bonds is 6. The Morgan fingerprint density at radius 2 is 2.05 bits per heavy atom. The summed E-state index contributed by atoms with van der Waals surface area (Å²) in [7, 11) is 1.86. The summed E-state index contributed by atoms with van der Waals surface area (Å²) in [6, 6.07) is 6.23. The quantitative estimate of drug-likeness (QED) is 0.852. The van der Waals surface area contributed by atoms with Gasteiger partial charge in [0.25, 0.3) is 0 Å². The molecule has 1 atom stereocenters. The lowest BCUT2D eigenvalue weighted by molar-refractivity contribution is 0.0648. The minimum atomic E-state index is -0.739. The molecular formula is C14H17FN2O2S. The normalized spacial score (nSPS) is 12.8. The molecule has 0 saturated heterocycles. The average molecular weight is 296 g/mol. The summed E-state index contributed by atoms with van der Waals surface area (Å²) in [6.07, 6.45) is -0.739. The Hall–Kier alpha value is -1.34. The molecule has 2 N–H and O–H groups in total. The molecule has 6 heteroatoms. The zero-order valence-electron chi connectivity index (χ0n) is 11.2. The van der Waals surface area contributed by atoms with E-state index in [1.807, 2.05) is 17.3 Å². The van der Waals surface area contributed by atoms with Crippen LogP contribution in [-0.4, -0.2) is 46.4 Å². The third-order valence-electron chi connectivity index (χ3n) is 2.83. The van der Waals surface area contributed by atoms with Crippen LogP contribution in [0, 0.1) is 5.82 Å². The molecule has 1 aromatic carbocycles. The minimum Gasteiger partial charge on any atom is -0.394 e. The highest BCUT2D eigenvalue weighted by Crippen LogP contribution is 2.22. The van der Waals surface area contributed by atoms with Gasteiger partial charge in [-0.25, -0.2) is 9.37 Å². The Morgan fingerprint density at radius 1 is 1.35 bits per heavy atom. The van der Waals surface area contributed by atoms with E-state index in [-0.39, 0.29) is 12.4 Å². The van der Waals surface area contributed by atoms with E-state index in [0.29, 0.717) is 13.1 Å². The average Bonchev–Trinajstić information content (AvgIpc) is 2.87. The Labute approximate surface area is 121 Å². The third-order valence-corrected chi connectivity index (χ3v) is 3.66. The van der Waals surface area contributed by atoms with Crippen LogP contribution in [0.25, 0.3) is 11.3 Å². The molecule has 0 aliphatic carbocycles. The number of nitrogens with zero attached hydrogens (tertiary/aromatic N) is 2. The second-order valence-electron chi connectivity index (χ2n) is 4.67. The number of aliphatic hydroxyl groups excluding tert-OH is 2. The van der Waals surface area contributed by atoms with E-state index in [9.17, 15) is 9.50 Å². The summed E-state index contributed by atoms with van der Waals surface area (Å²) >= 11 is 1.52. The van der Waals surface area contributed by atoms with E-state index in [1.165, 1.54) is 23.5 Å². The summed E-state index contributed by atoms with van der Waals surface area (Å²) in [5.41, 5.74) is 1.70. The van der Waals surface area contributed by atoms with Crippen molar-refractivity contribution >= 4 is 11.3 Å². The van der Waals surface area contributed by atoms with E-state index in [1.54, 1.807) is 12.1 Å². The SMILES string of the molecule is CN(Cc1nc(-c2ccc(F)cc2)cs1)C[C@@H](O)CO. The maximum atomic E-state index is 12.9. The first-order valence-electron chi connectivity index (χ1n) is 6.26. The van der Waals surface area contributed by atoms with Crippen molar-refractivity contribution in [2.75, 3.05) is 20.2 Å². The molecule has 0 bridgehead atoms. The number of likely N-dealkylation sites (N-methyl/N-ethyl adjacent to an activating group) is 1. The molecule has 1 heterocycles. The van der Waals surface area contributed by atoms with Gasteiger partial charge in [-0.15, -0.1) is 11.3 Å². The summed E-state index contributed by atoms with van der Waals surface area (Å²) in [4.78, 5) is 6.39. The lowest BCUT2D eigenvalue weighted by Crippen LogP contribution is -2.30. The van der Waals surface area contributed by atoms with Gasteiger partial charge in [0, 0.05) is 17.5 Å². The van der Waals surface area contributed by atoms with Gasteiger partial charge in [-0.3, -0.25) is 4.90 Å². The number of thiazole rings is 1. The molecule has 20 heavy (non-hydrogen) atoms. The van der Waals surface area contributed by atoms with Crippen LogP contribution in [0.2, 0.25) is 0 Å². The maximum Gasteiger partial charge on any atom is 0.123 e. The van der Waals surface area contributed by atoms with Crippen molar-refractivity contribution in [3.05, 3.63) is 40.5 Å². The molecule has 0 aliphatic heterocycles. The number of halogens is 1.